The molecule has 51 heavy (non-hydrogen) atoms. The lowest BCUT2D eigenvalue weighted by molar-refractivity contribution is -0.128. The van der Waals surface area contributed by atoms with Gasteiger partial charge in [-0.05, 0) is 23.8 Å². The van der Waals surface area contributed by atoms with Crippen LogP contribution in [0.5, 0.6) is 17.2 Å². The molecular weight excluding hydrogens is 816 g/mol. The molecule has 3 aliphatic rings. The third-order valence-corrected chi connectivity index (χ3v) is 12.6. The number of ketones is 2. The fraction of sp³-hybridized carbons (Fsp3) is 0.333. The van der Waals surface area contributed by atoms with Crippen molar-refractivity contribution in [2.75, 3.05) is 14.2 Å². The molecule has 266 valence electrons. The Morgan fingerprint density at radius 1 is 0.980 bits per heavy atom. The number of aromatic hydroxyl groups is 1. The van der Waals surface area contributed by atoms with Gasteiger partial charge in [-0.3, -0.25) is 14.4 Å². The Bertz CT molecular complexity index is 2490. The molecule has 1 saturated carbocycles. The number of Topliss-reactive ketones (excluding diaryl/α,β-unsaturated/α-hetero) is 2. The number of allylic oxidation sites excluding steroid dienone is 4. The summed E-state index contributed by atoms with van der Waals surface area (Å²) in [5, 5.41) is 9.87. The van der Waals surface area contributed by atoms with Gasteiger partial charge in [0, 0.05) is 54.5 Å². The Hall–Kier alpha value is -3.82. The van der Waals surface area contributed by atoms with Gasteiger partial charge in [0.25, 0.3) is 5.56 Å². The number of aryl methyl sites for hydroxylation is 2. The zero-order valence-corrected chi connectivity index (χ0v) is 31.5. The van der Waals surface area contributed by atoms with E-state index in [4.69, 9.17) is 55.9 Å². The van der Waals surface area contributed by atoms with E-state index in [0.29, 0.717) is 32.6 Å². The predicted octanol–water partition coefficient (Wildman–Crippen LogP) is 4.25. The first kappa shape index (κ1) is 35.6. The SMILES string of the molecule is COc1cc2nc(CCn3c(=O)n4n(c3=O)C3CC5(Cl)C(=O)C(Cl)=C(Cl)C(=O)C5(Cl)C(c5cc(Br)ccc5O)C3=CC4)c(=O)n(C)c2cc1OC. The van der Waals surface area contributed by atoms with E-state index in [1.807, 2.05) is 0 Å². The maximum Gasteiger partial charge on any atom is 0.347 e. The smallest absolute Gasteiger partial charge is 0.347 e. The molecule has 3 heterocycles. The summed E-state index contributed by atoms with van der Waals surface area (Å²) < 4.78 is 15.9. The number of phenolic OH excluding ortho intramolecular Hbond substituents is 1. The van der Waals surface area contributed by atoms with E-state index in [1.54, 1.807) is 31.3 Å². The van der Waals surface area contributed by atoms with Crippen LogP contribution in [0.4, 0.5) is 0 Å². The summed E-state index contributed by atoms with van der Waals surface area (Å²) in [7, 11) is 4.51. The van der Waals surface area contributed by atoms with Crippen molar-refractivity contribution in [1.82, 2.24) is 23.5 Å². The molecule has 18 heteroatoms. The topological polar surface area (TPSA) is 157 Å². The van der Waals surface area contributed by atoms with Gasteiger partial charge < -0.3 is 19.1 Å². The maximum absolute atomic E-state index is 14.2. The largest absolute Gasteiger partial charge is 0.508 e. The van der Waals surface area contributed by atoms with E-state index in [2.05, 4.69) is 20.9 Å². The Kier molecular flexibility index (Phi) is 8.65. The number of hydrogen-bond donors (Lipinski definition) is 1. The van der Waals surface area contributed by atoms with Crippen molar-refractivity contribution in [3.63, 3.8) is 0 Å². The summed E-state index contributed by atoms with van der Waals surface area (Å²) in [5.41, 5.74) is -0.418. The van der Waals surface area contributed by atoms with Crippen LogP contribution in [0.2, 0.25) is 0 Å². The Balaban J connectivity index is 1.34. The molecule has 13 nitrogen and oxygen atoms in total. The van der Waals surface area contributed by atoms with Gasteiger partial charge in [0.05, 0.1) is 37.8 Å². The number of rotatable bonds is 6. The van der Waals surface area contributed by atoms with Gasteiger partial charge in [0.15, 0.2) is 23.1 Å². The van der Waals surface area contributed by atoms with Crippen LogP contribution in [0, 0.1) is 0 Å². The Morgan fingerprint density at radius 3 is 2.33 bits per heavy atom. The lowest BCUT2D eigenvalue weighted by atomic mass is 9.59. The Morgan fingerprint density at radius 2 is 1.65 bits per heavy atom. The first-order valence-electron chi connectivity index (χ1n) is 15.4. The lowest BCUT2D eigenvalue weighted by Crippen LogP contribution is -2.67. The van der Waals surface area contributed by atoms with E-state index in [1.165, 1.54) is 35.6 Å². The van der Waals surface area contributed by atoms with E-state index >= 15 is 0 Å². The number of fused-ring (bicyclic) bond motifs is 5. The second kappa shape index (κ2) is 12.4. The van der Waals surface area contributed by atoms with Crippen LogP contribution >= 0.6 is 62.3 Å². The van der Waals surface area contributed by atoms with Gasteiger partial charge in [-0.15, -0.1) is 23.2 Å². The van der Waals surface area contributed by atoms with Crippen LogP contribution in [0.25, 0.3) is 11.0 Å². The average molecular weight is 842 g/mol. The van der Waals surface area contributed by atoms with Crippen LogP contribution in [-0.2, 0) is 36.1 Å². The summed E-state index contributed by atoms with van der Waals surface area (Å²) in [6.07, 6.45) is 1.10. The van der Waals surface area contributed by atoms with Crippen molar-refractivity contribution in [2.45, 2.75) is 47.6 Å². The fourth-order valence-corrected chi connectivity index (χ4v) is 9.30. The highest BCUT2D eigenvalue weighted by atomic mass is 79.9. The molecule has 0 spiro atoms. The van der Waals surface area contributed by atoms with Gasteiger partial charge in [-0.25, -0.2) is 28.5 Å². The molecule has 0 saturated heterocycles. The fourth-order valence-electron chi connectivity index (χ4n) is 7.40. The number of phenols is 1. The number of carbonyl (C=O) groups excluding carboxylic acids is 2. The third-order valence-electron chi connectivity index (χ3n) is 9.90. The molecule has 1 aliphatic heterocycles. The van der Waals surface area contributed by atoms with Crippen molar-refractivity contribution in [3.05, 3.63) is 99.1 Å². The second-order valence-electron chi connectivity index (χ2n) is 12.4. The molecule has 7 rings (SSSR count). The molecule has 1 fully saturated rings. The summed E-state index contributed by atoms with van der Waals surface area (Å²) in [6.45, 7) is -0.360. The van der Waals surface area contributed by atoms with Crippen molar-refractivity contribution in [2.24, 2.45) is 7.05 Å². The summed E-state index contributed by atoms with van der Waals surface area (Å²) in [5.74, 6) is -2.63. The number of alkyl halides is 2. The number of ether oxygens (including phenoxy) is 2. The van der Waals surface area contributed by atoms with Gasteiger partial charge in [0.2, 0.25) is 0 Å². The van der Waals surface area contributed by atoms with Crippen molar-refractivity contribution < 1.29 is 24.2 Å². The number of hydrogen-bond acceptors (Lipinski definition) is 9. The van der Waals surface area contributed by atoms with Gasteiger partial charge in [-0.2, -0.15) is 0 Å². The first-order valence-corrected chi connectivity index (χ1v) is 17.7. The minimum absolute atomic E-state index is 0.0915. The molecule has 4 aromatic rings. The van der Waals surface area contributed by atoms with Crippen LogP contribution in [-0.4, -0.2) is 64.1 Å². The van der Waals surface area contributed by atoms with E-state index < -0.39 is 66.7 Å². The van der Waals surface area contributed by atoms with Crippen LogP contribution in [0.3, 0.4) is 0 Å². The number of aromatic nitrogens is 5. The van der Waals surface area contributed by atoms with Gasteiger partial charge in [-0.1, -0.05) is 45.2 Å². The maximum atomic E-state index is 14.2. The highest BCUT2D eigenvalue weighted by Gasteiger charge is 2.71. The Labute approximate surface area is 316 Å². The minimum Gasteiger partial charge on any atom is -0.508 e. The number of carbonyl (C=O) groups is 2. The number of nitrogens with zero attached hydrogens (tertiary/aromatic N) is 5. The van der Waals surface area contributed by atoms with Crippen molar-refractivity contribution in [1.29, 1.82) is 0 Å². The number of methoxy groups -OCH3 is 2. The average Bonchev–Trinajstić information content (AvgIpc) is 3.36. The molecule has 0 bridgehead atoms. The zero-order chi connectivity index (χ0) is 36.9. The summed E-state index contributed by atoms with van der Waals surface area (Å²) >= 11 is 30.3. The molecule has 2 aromatic carbocycles. The van der Waals surface area contributed by atoms with Crippen LogP contribution in [0.15, 0.2) is 70.9 Å². The second-order valence-corrected chi connectivity index (χ2v) is 15.3. The molecule has 2 aliphatic carbocycles. The van der Waals surface area contributed by atoms with E-state index in [-0.39, 0.29) is 36.5 Å². The summed E-state index contributed by atoms with van der Waals surface area (Å²) in [6, 6.07) is 6.61. The van der Waals surface area contributed by atoms with Crippen molar-refractivity contribution >= 4 is 84.9 Å². The molecule has 4 unspecified atom stereocenters. The van der Waals surface area contributed by atoms with E-state index in [0.717, 1.165) is 9.25 Å². The number of halogens is 5. The molecular formula is C33H26BrCl4N5O8. The number of benzene rings is 2. The van der Waals surface area contributed by atoms with E-state index in [9.17, 15) is 29.1 Å². The quantitative estimate of drug-likeness (QED) is 0.222. The first-order chi connectivity index (χ1) is 24.1. The molecule has 0 amide bonds. The lowest BCUT2D eigenvalue weighted by Gasteiger charge is -2.54. The highest BCUT2D eigenvalue weighted by Crippen LogP contribution is 2.64. The van der Waals surface area contributed by atoms with Crippen LogP contribution in [0.1, 0.15) is 29.6 Å². The van der Waals surface area contributed by atoms with Gasteiger partial charge in [0.1, 0.15) is 31.3 Å². The van der Waals surface area contributed by atoms with Crippen LogP contribution < -0.4 is 26.4 Å². The molecule has 0 radical (unpaired) electrons. The zero-order valence-electron chi connectivity index (χ0n) is 26.9. The normalized spacial score (nSPS) is 24.3. The minimum atomic E-state index is -2.29. The molecule has 4 atom stereocenters. The van der Waals surface area contributed by atoms with Crippen molar-refractivity contribution in [3.8, 4) is 17.2 Å². The molecule has 2 aromatic heterocycles. The highest BCUT2D eigenvalue weighted by molar-refractivity contribution is 9.10. The third kappa shape index (κ3) is 4.93. The predicted molar refractivity (Wildman–Crippen MR) is 193 cm³/mol. The monoisotopic (exact) mass is 839 g/mol. The standard InChI is InChI=1S/C33H26BrCl4N5O8/c1-40-19-12-23(51-3)22(50-2)11-18(19)39-17(29(40)47)7-8-41-30(48)42-9-6-15-20(43(42)31(41)49)13-32(37)27(45)25(35)26(36)28(46)33(32,38)24(15)16-10-14(34)4-5-21(16)44/h4-6,10-12,20,24,44H,7-9,13H2,1-3H3. The van der Waals surface area contributed by atoms with Gasteiger partial charge >= 0.3 is 11.4 Å². The molecule has 1 N–H and O–H groups in total. The summed E-state index contributed by atoms with van der Waals surface area (Å²) in [4.78, 5) is 69.1.